The zero-order chi connectivity index (χ0) is 20.9. The van der Waals surface area contributed by atoms with E-state index in [1.54, 1.807) is 41.6 Å². The molecule has 0 aliphatic carbocycles. The maximum Gasteiger partial charge on any atom is 0.255 e. The molecule has 0 radical (unpaired) electrons. The molecule has 30 heavy (non-hydrogen) atoms. The minimum Gasteiger partial charge on any atom is -0.338 e. The standard InChI is InChI=1S/C24H22FN3O2/c25-21-10-8-17(9-11-21)18-4-1-7-22(14-18)27-23(29)20-6-3-13-28(16-20)24(30)19-5-2-12-26-15-19/h1-2,4-5,7-12,14-15,20H,3,6,13,16H2,(H,27,29). The Balaban J connectivity index is 1.43. The molecule has 2 heterocycles. The summed E-state index contributed by atoms with van der Waals surface area (Å²) in [7, 11) is 0. The summed E-state index contributed by atoms with van der Waals surface area (Å²) in [5, 5.41) is 2.97. The lowest BCUT2D eigenvalue weighted by molar-refractivity contribution is -0.121. The number of amides is 2. The molecule has 1 atom stereocenters. The van der Waals surface area contributed by atoms with Crippen molar-refractivity contribution in [3.63, 3.8) is 0 Å². The zero-order valence-corrected chi connectivity index (χ0v) is 16.4. The summed E-state index contributed by atoms with van der Waals surface area (Å²) in [4.78, 5) is 31.3. The highest BCUT2D eigenvalue weighted by Crippen LogP contribution is 2.25. The van der Waals surface area contributed by atoms with Gasteiger partial charge < -0.3 is 10.2 Å². The van der Waals surface area contributed by atoms with E-state index < -0.39 is 0 Å². The first-order valence-electron chi connectivity index (χ1n) is 9.96. The first-order chi connectivity index (χ1) is 14.6. The van der Waals surface area contributed by atoms with E-state index in [1.807, 2.05) is 24.3 Å². The summed E-state index contributed by atoms with van der Waals surface area (Å²) in [5.41, 5.74) is 2.98. The lowest BCUT2D eigenvalue weighted by Crippen LogP contribution is -2.43. The van der Waals surface area contributed by atoms with Gasteiger partial charge in [-0.05, 0) is 60.4 Å². The molecule has 3 aromatic rings. The number of carbonyl (C=O) groups excluding carboxylic acids is 2. The molecule has 1 aromatic heterocycles. The smallest absolute Gasteiger partial charge is 0.255 e. The van der Waals surface area contributed by atoms with Gasteiger partial charge in [0.25, 0.3) is 5.91 Å². The molecule has 0 spiro atoms. The number of piperidine rings is 1. The van der Waals surface area contributed by atoms with E-state index in [4.69, 9.17) is 0 Å². The van der Waals surface area contributed by atoms with Gasteiger partial charge in [0, 0.05) is 31.2 Å². The number of anilines is 1. The van der Waals surface area contributed by atoms with Crippen molar-refractivity contribution in [3.05, 3.63) is 84.4 Å². The molecule has 2 aromatic carbocycles. The van der Waals surface area contributed by atoms with E-state index in [1.165, 1.54) is 12.1 Å². The van der Waals surface area contributed by atoms with E-state index in [-0.39, 0.29) is 23.5 Å². The van der Waals surface area contributed by atoms with Gasteiger partial charge in [-0.3, -0.25) is 14.6 Å². The van der Waals surface area contributed by atoms with Crippen LogP contribution in [0, 0.1) is 11.7 Å². The molecule has 5 nitrogen and oxygen atoms in total. The molecule has 1 aliphatic heterocycles. The second kappa shape index (κ2) is 8.86. The lowest BCUT2D eigenvalue weighted by atomic mass is 9.96. The number of benzene rings is 2. The van der Waals surface area contributed by atoms with Crippen molar-refractivity contribution in [2.75, 3.05) is 18.4 Å². The van der Waals surface area contributed by atoms with E-state index in [2.05, 4.69) is 10.3 Å². The highest BCUT2D eigenvalue weighted by Gasteiger charge is 2.29. The number of hydrogen-bond acceptors (Lipinski definition) is 3. The van der Waals surface area contributed by atoms with Crippen LogP contribution in [0.1, 0.15) is 23.2 Å². The molecule has 6 heteroatoms. The van der Waals surface area contributed by atoms with Gasteiger partial charge in [-0.15, -0.1) is 0 Å². The van der Waals surface area contributed by atoms with E-state index >= 15 is 0 Å². The van der Waals surface area contributed by atoms with Crippen LogP contribution in [-0.2, 0) is 4.79 Å². The van der Waals surface area contributed by atoms with Gasteiger partial charge in [0.2, 0.25) is 5.91 Å². The van der Waals surface area contributed by atoms with Crippen LogP contribution in [-0.4, -0.2) is 34.8 Å². The van der Waals surface area contributed by atoms with Crippen molar-refractivity contribution in [1.82, 2.24) is 9.88 Å². The van der Waals surface area contributed by atoms with Crippen molar-refractivity contribution >= 4 is 17.5 Å². The Kier molecular flexibility index (Phi) is 5.84. The third-order valence-corrected chi connectivity index (χ3v) is 5.30. The number of pyridine rings is 1. The number of halogens is 1. The van der Waals surface area contributed by atoms with Crippen molar-refractivity contribution < 1.29 is 14.0 Å². The number of nitrogens with one attached hydrogen (secondary N) is 1. The molecule has 4 rings (SSSR count). The van der Waals surface area contributed by atoms with Crippen LogP contribution < -0.4 is 5.32 Å². The van der Waals surface area contributed by atoms with Crippen LogP contribution >= 0.6 is 0 Å². The first-order valence-corrected chi connectivity index (χ1v) is 9.96. The van der Waals surface area contributed by atoms with Crippen molar-refractivity contribution in [2.45, 2.75) is 12.8 Å². The second-order valence-corrected chi connectivity index (χ2v) is 7.41. The Morgan fingerprint density at radius 1 is 1.03 bits per heavy atom. The average Bonchev–Trinajstić information content (AvgIpc) is 2.80. The van der Waals surface area contributed by atoms with Gasteiger partial charge in [-0.2, -0.15) is 0 Å². The number of nitrogens with zero attached hydrogens (tertiary/aromatic N) is 2. The molecule has 2 amide bonds. The third-order valence-electron chi connectivity index (χ3n) is 5.30. The summed E-state index contributed by atoms with van der Waals surface area (Å²) in [6, 6.07) is 17.2. The highest BCUT2D eigenvalue weighted by atomic mass is 19.1. The van der Waals surface area contributed by atoms with Crippen molar-refractivity contribution in [3.8, 4) is 11.1 Å². The first kappa shape index (κ1) is 19.8. The van der Waals surface area contributed by atoms with Crippen molar-refractivity contribution in [2.24, 2.45) is 5.92 Å². The number of likely N-dealkylation sites (tertiary alicyclic amines) is 1. The van der Waals surface area contributed by atoms with Gasteiger partial charge in [-0.1, -0.05) is 24.3 Å². The summed E-state index contributed by atoms with van der Waals surface area (Å²) in [6.45, 7) is 1.02. The third kappa shape index (κ3) is 4.54. The fraction of sp³-hybridized carbons (Fsp3) is 0.208. The maximum atomic E-state index is 13.2. The molecule has 1 fully saturated rings. The summed E-state index contributed by atoms with van der Waals surface area (Å²) in [5.74, 6) is -0.756. The minimum absolute atomic E-state index is 0.0982. The van der Waals surface area contributed by atoms with Gasteiger partial charge in [0.05, 0.1) is 11.5 Å². The quantitative estimate of drug-likeness (QED) is 0.703. The Hall–Kier alpha value is -3.54. The molecule has 1 aliphatic rings. The van der Waals surface area contributed by atoms with Gasteiger partial charge >= 0.3 is 0 Å². The van der Waals surface area contributed by atoms with E-state index in [9.17, 15) is 14.0 Å². The summed E-state index contributed by atoms with van der Waals surface area (Å²) < 4.78 is 13.2. The molecule has 0 bridgehead atoms. The average molecular weight is 403 g/mol. The normalized spacial score (nSPS) is 16.2. The van der Waals surface area contributed by atoms with Crippen molar-refractivity contribution in [1.29, 1.82) is 0 Å². The second-order valence-electron chi connectivity index (χ2n) is 7.41. The highest BCUT2D eigenvalue weighted by molar-refractivity contribution is 5.96. The predicted molar refractivity (Wildman–Crippen MR) is 113 cm³/mol. The summed E-state index contributed by atoms with van der Waals surface area (Å²) >= 11 is 0. The molecule has 1 unspecified atom stereocenters. The molecule has 0 saturated carbocycles. The van der Waals surface area contributed by atoms with Crippen LogP contribution in [0.2, 0.25) is 0 Å². The number of carbonyl (C=O) groups is 2. The van der Waals surface area contributed by atoms with E-state index in [0.29, 0.717) is 24.3 Å². The zero-order valence-electron chi connectivity index (χ0n) is 16.4. The molecular formula is C24H22FN3O2. The van der Waals surface area contributed by atoms with E-state index in [0.717, 1.165) is 24.0 Å². The van der Waals surface area contributed by atoms with Crippen LogP contribution in [0.15, 0.2) is 73.1 Å². The fourth-order valence-electron chi connectivity index (χ4n) is 3.71. The molecular weight excluding hydrogens is 381 g/mol. The van der Waals surface area contributed by atoms with Crippen LogP contribution in [0.4, 0.5) is 10.1 Å². The van der Waals surface area contributed by atoms with Gasteiger partial charge in [0.15, 0.2) is 0 Å². The van der Waals surface area contributed by atoms with Crippen LogP contribution in [0.25, 0.3) is 11.1 Å². The molecule has 1 N–H and O–H groups in total. The largest absolute Gasteiger partial charge is 0.338 e. The SMILES string of the molecule is O=C(Nc1cccc(-c2ccc(F)cc2)c1)C1CCCN(C(=O)c2cccnc2)C1. The van der Waals surface area contributed by atoms with Crippen LogP contribution in [0.5, 0.6) is 0 Å². The summed E-state index contributed by atoms with van der Waals surface area (Å²) in [6.07, 6.45) is 4.69. The number of aromatic nitrogens is 1. The maximum absolute atomic E-state index is 13.2. The Morgan fingerprint density at radius 2 is 1.87 bits per heavy atom. The van der Waals surface area contributed by atoms with Crippen LogP contribution in [0.3, 0.4) is 0 Å². The monoisotopic (exact) mass is 403 g/mol. The molecule has 1 saturated heterocycles. The minimum atomic E-state index is -0.286. The topological polar surface area (TPSA) is 62.3 Å². The number of hydrogen-bond donors (Lipinski definition) is 1. The number of rotatable bonds is 4. The lowest BCUT2D eigenvalue weighted by Gasteiger charge is -2.32. The molecule has 152 valence electrons. The Labute approximate surface area is 174 Å². The fourth-order valence-corrected chi connectivity index (χ4v) is 3.71. The predicted octanol–water partition coefficient (Wildman–Crippen LogP) is 4.38. The Morgan fingerprint density at radius 3 is 2.63 bits per heavy atom. The van der Waals surface area contributed by atoms with Gasteiger partial charge in [-0.25, -0.2) is 4.39 Å². The Bertz CT molecular complexity index is 1040. The van der Waals surface area contributed by atoms with Gasteiger partial charge in [0.1, 0.15) is 5.82 Å².